The fourth-order valence-electron chi connectivity index (χ4n) is 3.60. The van der Waals surface area contributed by atoms with E-state index in [0.29, 0.717) is 11.5 Å². The second-order valence-electron chi connectivity index (χ2n) is 6.75. The molecule has 0 aliphatic carbocycles. The Morgan fingerprint density at radius 1 is 0.786 bits per heavy atom. The van der Waals surface area contributed by atoms with E-state index in [4.69, 9.17) is 9.47 Å². The minimum absolute atomic E-state index is 0.459. The van der Waals surface area contributed by atoms with Crippen LogP contribution in [0.1, 0.15) is 25.0 Å². The van der Waals surface area contributed by atoms with Gasteiger partial charge >= 0.3 is 6.16 Å². The number of hydrogen-bond acceptors (Lipinski definition) is 3. The summed E-state index contributed by atoms with van der Waals surface area (Å²) in [7, 11) is 0. The molecule has 0 bridgehead atoms. The van der Waals surface area contributed by atoms with Gasteiger partial charge in [-0.3, -0.25) is 0 Å². The predicted molar refractivity (Wildman–Crippen MR) is 113 cm³/mol. The summed E-state index contributed by atoms with van der Waals surface area (Å²) in [6, 6.07) is 23.5. The van der Waals surface area contributed by atoms with Crippen LogP contribution in [0.5, 0.6) is 11.5 Å². The lowest BCUT2D eigenvalue weighted by Crippen LogP contribution is -2.14. The van der Waals surface area contributed by atoms with Crippen molar-refractivity contribution < 1.29 is 14.3 Å². The SMILES string of the molecule is CCc1cc(CC)c2c(OC(=O)Oc3ccccc3)c3ccccc3cc2c1. The highest BCUT2D eigenvalue weighted by Crippen LogP contribution is 2.38. The van der Waals surface area contributed by atoms with Crippen LogP contribution in [0.4, 0.5) is 4.79 Å². The van der Waals surface area contributed by atoms with Gasteiger partial charge in [-0.1, -0.05) is 68.4 Å². The van der Waals surface area contributed by atoms with Crippen molar-refractivity contribution in [2.45, 2.75) is 26.7 Å². The molecule has 0 spiro atoms. The summed E-state index contributed by atoms with van der Waals surface area (Å²) >= 11 is 0. The number of aryl methyl sites for hydroxylation is 2. The minimum Gasteiger partial charge on any atom is -0.395 e. The highest BCUT2D eigenvalue weighted by molar-refractivity contribution is 6.07. The lowest BCUT2D eigenvalue weighted by atomic mass is 9.94. The summed E-state index contributed by atoms with van der Waals surface area (Å²) in [6.45, 7) is 4.27. The molecule has 0 saturated heterocycles. The first-order valence-electron chi connectivity index (χ1n) is 9.61. The Bertz CT molecular complexity index is 1150. The van der Waals surface area contributed by atoms with E-state index in [0.717, 1.165) is 34.4 Å². The highest BCUT2D eigenvalue weighted by atomic mass is 16.7. The van der Waals surface area contributed by atoms with Gasteiger partial charge < -0.3 is 9.47 Å². The van der Waals surface area contributed by atoms with Crippen molar-refractivity contribution >= 4 is 27.7 Å². The first-order chi connectivity index (χ1) is 13.7. The van der Waals surface area contributed by atoms with Gasteiger partial charge in [0.2, 0.25) is 0 Å². The minimum atomic E-state index is -0.731. The normalized spacial score (nSPS) is 10.9. The number of carbonyl (C=O) groups is 1. The third-order valence-electron chi connectivity index (χ3n) is 4.97. The van der Waals surface area contributed by atoms with E-state index in [-0.39, 0.29) is 0 Å². The van der Waals surface area contributed by atoms with Crippen LogP contribution in [0.3, 0.4) is 0 Å². The number of ether oxygens (including phenoxy) is 2. The van der Waals surface area contributed by atoms with E-state index in [1.165, 1.54) is 11.1 Å². The average molecular weight is 370 g/mol. The fourth-order valence-corrected chi connectivity index (χ4v) is 3.60. The smallest absolute Gasteiger partial charge is 0.395 e. The van der Waals surface area contributed by atoms with Gasteiger partial charge in [0.25, 0.3) is 0 Å². The molecule has 0 amide bonds. The molecule has 4 rings (SSSR count). The lowest BCUT2D eigenvalue weighted by molar-refractivity contribution is 0.153. The molecule has 4 aromatic carbocycles. The first-order valence-corrected chi connectivity index (χ1v) is 9.61. The molecule has 0 unspecified atom stereocenters. The number of fused-ring (bicyclic) bond motifs is 2. The van der Waals surface area contributed by atoms with Crippen LogP contribution in [0.2, 0.25) is 0 Å². The number of carbonyl (C=O) groups excluding carboxylic acids is 1. The number of rotatable bonds is 4. The Morgan fingerprint density at radius 3 is 2.29 bits per heavy atom. The summed E-state index contributed by atoms with van der Waals surface area (Å²) in [5, 5.41) is 3.99. The molecule has 4 aromatic rings. The van der Waals surface area contributed by atoms with Crippen molar-refractivity contribution in [3.8, 4) is 11.5 Å². The maximum Gasteiger partial charge on any atom is 0.519 e. The van der Waals surface area contributed by atoms with Crippen LogP contribution in [0, 0.1) is 0 Å². The highest BCUT2D eigenvalue weighted by Gasteiger charge is 2.17. The van der Waals surface area contributed by atoms with E-state index in [1.807, 2.05) is 42.5 Å². The zero-order valence-corrected chi connectivity index (χ0v) is 16.1. The van der Waals surface area contributed by atoms with Crippen molar-refractivity contribution in [2.75, 3.05) is 0 Å². The molecule has 0 radical (unpaired) electrons. The molecular formula is C25H22O3. The quantitative estimate of drug-likeness (QED) is 0.228. The Morgan fingerprint density at radius 2 is 1.54 bits per heavy atom. The average Bonchev–Trinajstić information content (AvgIpc) is 2.73. The van der Waals surface area contributed by atoms with Crippen LogP contribution < -0.4 is 9.47 Å². The molecule has 0 heterocycles. The fraction of sp³-hybridized carbons (Fsp3) is 0.160. The number of para-hydroxylation sites is 1. The number of benzene rings is 4. The Labute approximate surface area is 164 Å². The molecule has 28 heavy (non-hydrogen) atoms. The third kappa shape index (κ3) is 3.44. The molecule has 0 aliphatic heterocycles. The van der Waals surface area contributed by atoms with Crippen molar-refractivity contribution in [1.29, 1.82) is 0 Å². The van der Waals surface area contributed by atoms with E-state index in [2.05, 4.69) is 32.0 Å². The van der Waals surface area contributed by atoms with Gasteiger partial charge in [-0.15, -0.1) is 0 Å². The van der Waals surface area contributed by atoms with Crippen LogP contribution >= 0.6 is 0 Å². The van der Waals surface area contributed by atoms with E-state index in [1.54, 1.807) is 12.1 Å². The van der Waals surface area contributed by atoms with Gasteiger partial charge in [-0.25, -0.2) is 4.79 Å². The second kappa shape index (κ2) is 7.73. The summed E-state index contributed by atoms with van der Waals surface area (Å²) in [6.07, 6.45) is 1.08. The largest absolute Gasteiger partial charge is 0.519 e. The van der Waals surface area contributed by atoms with Crippen molar-refractivity contribution in [3.63, 3.8) is 0 Å². The molecule has 0 aliphatic rings. The standard InChI is InChI=1S/C25H22O3/c1-3-17-14-18(4-2)23-20(15-17)16-19-10-8-9-13-22(19)24(23)28-25(26)27-21-11-6-5-7-12-21/h5-16H,3-4H2,1-2H3. The Kier molecular flexibility index (Phi) is 4.98. The van der Waals surface area contributed by atoms with Crippen molar-refractivity contribution in [3.05, 3.63) is 83.9 Å². The maximum absolute atomic E-state index is 12.5. The second-order valence-corrected chi connectivity index (χ2v) is 6.75. The van der Waals surface area contributed by atoms with Gasteiger partial charge in [-0.05, 0) is 52.9 Å². The van der Waals surface area contributed by atoms with Gasteiger partial charge in [-0.2, -0.15) is 0 Å². The molecular weight excluding hydrogens is 348 g/mol. The van der Waals surface area contributed by atoms with E-state index >= 15 is 0 Å². The van der Waals surface area contributed by atoms with Crippen molar-refractivity contribution in [2.24, 2.45) is 0 Å². The van der Waals surface area contributed by atoms with Gasteiger partial charge in [0.05, 0.1) is 0 Å². The summed E-state index contributed by atoms with van der Waals surface area (Å²) in [5.41, 5.74) is 2.44. The number of hydrogen-bond donors (Lipinski definition) is 0. The first kappa shape index (κ1) is 18.1. The molecule has 3 nitrogen and oxygen atoms in total. The van der Waals surface area contributed by atoms with Crippen LogP contribution in [-0.2, 0) is 12.8 Å². The van der Waals surface area contributed by atoms with Crippen molar-refractivity contribution in [1.82, 2.24) is 0 Å². The molecule has 0 saturated carbocycles. The molecule has 0 N–H and O–H groups in total. The molecule has 0 aromatic heterocycles. The van der Waals surface area contributed by atoms with E-state index in [9.17, 15) is 4.79 Å². The molecule has 140 valence electrons. The maximum atomic E-state index is 12.5. The zero-order chi connectivity index (χ0) is 19.5. The summed E-state index contributed by atoms with van der Waals surface area (Å²) in [4.78, 5) is 12.5. The zero-order valence-electron chi connectivity index (χ0n) is 16.1. The molecule has 3 heteroatoms. The topological polar surface area (TPSA) is 35.5 Å². The van der Waals surface area contributed by atoms with E-state index < -0.39 is 6.16 Å². The summed E-state index contributed by atoms with van der Waals surface area (Å²) < 4.78 is 11.2. The predicted octanol–water partition coefficient (Wildman–Crippen LogP) is 6.70. The Balaban J connectivity index is 1.87. The summed E-state index contributed by atoms with van der Waals surface area (Å²) in [5.74, 6) is 1.02. The van der Waals surface area contributed by atoms with Gasteiger partial charge in [0.15, 0.2) is 0 Å². The monoisotopic (exact) mass is 370 g/mol. The van der Waals surface area contributed by atoms with Crippen LogP contribution in [-0.4, -0.2) is 6.16 Å². The molecule has 0 atom stereocenters. The Hall–Kier alpha value is -3.33. The third-order valence-corrected chi connectivity index (χ3v) is 4.97. The van der Waals surface area contributed by atoms with Gasteiger partial charge in [0, 0.05) is 10.8 Å². The lowest BCUT2D eigenvalue weighted by Gasteiger charge is -2.15. The van der Waals surface area contributed by atoms with Crippen LogP contribution in [0.25, 0.3) is 21.5 Å². The molecule has 0 fully saturated rings. The van der Waals surface area contributed by atoms with Gasteiger partial charge in [0.1, 0.15) is 11.5 Å². The van der Waals surface area contributed by atoms with Crippen LogP contribution in [0.15, 0.2) is 72.8 Å².